The van der Waals surface area contributed by atoms with Crippen LogP contribution in [-0.4, -0.2) is 59.1 Å². The third-order valence-corrected chi connectivity index (χ3v) is 3.96. The fourth-order valence-electron chi connectivity index (χ4n) is 2.80. The van der Waals surface area contributed by atoms with E-state index < -0.39 is 30.5 Å². The highest BCUT2D eigenvalue weighted by Crippen LogP contribution is 2.23. The first kappa shape index (κ1) is 18.3. The molecule has 1 aliphatic heterocycles. The summed E-state index contributed by atoms with van der Waals surface area (Å²) in [5, 5.41) is 3.65. The van der Waals surface area contributed by atoms with E-state index in [9.17, 15) is 22.8 Å². The van der Waals surface area contributed by atoms with E-state index in [1.165, 1.54) is 17.9 Å². The van der Waals surface area contributed by atoms with Crippen molar-refractivity contribution in [3.05, 3.63) is 17.5 Å². The molecule has 0 N–H and O–H groups in total. The van der Waals surface area contributed by atoms with Crippen LogP contribution < -0.4 is 0 Å². The summed E-state index contributed by atoms with van der Waals surface area (Å²) in [6.07, 6.45) is -3.42. The number of rotatable bonds is 4. The molecule has 1 aliphatic rings. The molecule has 0 spiro atoms. The Kier molecular flexibility index (Phi) is 5.51. The highest BCUT2D eigenvalue weighted by Gasteiger charge is 2.37. The second-order valence-corrected chi connectivity index (χ2v) is 5.89. The number of piperidine rings is 1. The smallest absolute Gasteiger partial charge is 0.351 e. The van der Waals surface area contributed by atoms with Gasteiger partial charge in [0.1, 0.15) is 6.54 Å². The van der Waals surface area contributed by atoms with Gasteiger partial charge in [0, 0.05) is 25.7 Å². The minimum atomic E-state index is -4.44. The number of alkyl halides is 3. The Balaban J connectivity index is 2.04. The van der Waals surface area contributed by atoms with E-state index in [0.717, 1.165) is 4.90 Å². The molecule has 1 atom stereocenters. The molecule has 9 heteroatoms. The molecule has 2 amide bonds. The minimum Gasteiger partial charge on any atom is -0.351 e. The Bertz CT molecular complexity index is 600. The summed E-state index contributed by atoms with van der Waals surface area (Å²) in [7, 11) is 0. The van der Waals surface area contributed by atoms with Crippen LogP contribution in [0.4, 0.5) is 13.2 Å². The number of aryl methyl sites for hydroxylation is 1. The number of halogens is 3. The summed E-state index contributed by atoms with van der Waals surface area (Å²) in [6, 6.07) is 1.50. The maximum absolute atomic E-state index is 12.6. The van der Waals surface area contributed by atoms with Crippen LogP contribution >= 0.6 is 0 Å². The zero-order valence-corrected chi connectivity index (χ0v) is 13.6. The van der Waals surface area contributed by atoms with Gasteiger partial charge in [-0.2, -0.15) is 13.2 Å². The first-order chi connectivity index (χ1) is 11.2. The molecule has 2 rings (SSSR count). The molecule has 1 saturated heterocycles. The van der Waals surface area contributed by atoms with Gasteiger partial charge in [-0.05, 0) is 26.7 Å². The molecule has 1 aromatic rings. The molecule has 0 bridgehead atoms. The number of carbonyl (C=O) groups excluding carboxylic acids is 2. The van der Waals surface area contributed by atoms with E-state index in [4.69, 9.17) is 4.52 Å². The normalized spacial score (nSPS) is 18.5. The molecule has 0 aliphatic carbocycles. The van der Waals surface area contributed by atoms with Gasteiger partial charge in [0.05, 0.1) is 11.6 Å². The van der Waals surface area contributed by atoms with Crippen LogP contribution in [0.1, 0.15) is 36.0 Å². The lowest BCUT2D eigenvalue weighted by Crippen LogP contribution is -2.48. The monoisotopic (exact) mass is 347 g/mol. The average molecular weight is 347 g/mol. The van der Waals surface area contributed by atoms with Crippen LogP contribution in [0.2, 0.25) is 0 Å². The molecule has 1 fully saturated rings. The van der Waals surface area contributed by atoms with E-state index in [-0.39, 0.29) is 18.8 Å². The van der Waals surface area contributed by atoms with Crippen LogP contribution in [0.15, 0.2) is 10.6 Å². The van der Waals surface area contributed by atoms with Crippen LogP contribution in [0.5, 0.6) is 0 Å². The Labute approximate surface area is 137 Å². The van der Waals surface area contributed by atoms with Crippen molar-refractivity contribution < 1.29 is 27.3 Å². The Morgan fingerprint density at radius 3 is 2.71 bits per heavy atom. The molecule has 24 heavy (non-hydrogen) atoms. The summed E-state index contributed by atoms with van der Waals surface area (Å²) in [5.41, 5.74) is 0.560. The highest BCUT2D eigenvalue weighted by atomic mass is 19.4. The largest absolute Gasteiger partial charge is 0.406 e. The minimum absolute atomic E-state index is 0.0237. The predicted molar refractivity (Wildman–Crippen MR) is 78.2 cm³/mol. The van der Waals surface area contributed by atoms with Crippen molar-refractivity contribution in [2.45, 2.75) is 32.9 Å². The van der Waals surface area contributed by atoms with Gasteiger partial charge in [0.2, 0.25) is 11.7 Å². The standard InChI is InChI=1S/C15H20F3N3O3/c1-3-20(9-15(16,17)18)13(22)11-5-4-6-21(8-11)14(23)12-7-10(2)19-24-12/h7,11H,3-6,8-9H2,1-2H3/t11-/m1/s1. The van der Waals surface area contributed by atoms with Gasteiger partial charge in [0.15, 0.2) is 0 Å². The first-order valence-corrected chi connectivity index (χ1v) is 7.79. The van der Waals surface area contributed by atoms with Gasteiger partial charge in [0.25, 0.3) is 5.91 Å². The van der Waals surface area contributed by atoms with Crippen molar-refractivity contribution in [1.82, 2.24) is 15.0 Å². The molecular formula is C15H20F3N3O3. The molecule has 2 heterocycles. The van der Waals surface area contributed by atoms with E-state index >= 15 is 0 Å². The predicted octanol–water partition coefficient (Wildman–Crippen LogP) is 2.25. The summed E-state index contributed by atoms with van der Waals surface area (Å²) < 4.78 is 42.6. The van der Waals surface area contributed by atoms with Crippen molar-refractivity contribution in [2.24, 2.45) is 5.92 Å². The van der Waals surface area contributed by atoms with Crippen molar-refractivity contribution in [1.29, 1.82) is 0 Å². The van der Waals surface area contributed by atoms with Gasteiger partial charge in [-0.25, -0.2) is 0 Å². The van der Waals surface area contributed by atoms with Crippen LogP contribution in [0.25, 0.3) is 0 Å². The van der Waals surface area contributed by atoms with Crippen LogP contribution in [-0.2, 0) is 4.79 Å². The van der Waals surface area contributed by atoms with Gasteiger partial charge >= 0.3 is 6.18 Å². The molecule has 134 valence electrons. The maximum Gasteiger partial charge on any atom is 0.406 e. The van der Waals surface area contributed by atoms with Crippen molar-refractivity contribution in [3.8, 4) is 0 Å². The topological polar surface area (TPSA) is 66.7 Å². The molecule has 0 aromatic carbocycles. The van der Waals surface area contributed by atoms with Gasteiger partial charge in [-0.3, -0.25) is 9.59 Å². The lowest BCUT2D eigenvalue weighted by Gasteiger charge is -2.34. The second-order valence-electron chi connectivity index (χ2n) is 5.89. The summed E-state index contributed by atoms with van der Waals surface area (Å²) in [6.45, 7) is 2.42. The summed E-state index contributed by atoms with van der Waals surface area (Å²) in [4.78, 5) is 26.9. The zero-order chi connectivity index (χ0) is 17.9. The van der Waals surface area contributed by atoms with Crippen LogP contribution in [0.3, 0.4) is 0 Å². The van der Waals surface area contributed by atoms with E-state index in [1.54, 1.807) is 6.92 Å². The zero-order valence-electron chi connectivity index (χ0n) is 13.6. The lowest BCUT2D eigenvalue weighted by atomic mass is 9.96. The quantitative estimate of drug-likeness (QED) is 0.838. The lowest BCUT2D eigenvalue weighted by molar-refractivity contribution is -0.164. The van der Waals surface area contributed by atoms with Gasteiger partial charge in [-0.1, -0.05) is 5.16 Å². The van der Waals surface area contributed by atoms with E-state index in [1.807, 2.05) is 0 Å². The second kappa shape index (κ2) is 7.23. The molecule has 0 unspecified atom stereocenters. The van der Waals surface area contributed by atoms with Gasteiger partial charge < -0.3 is 14.3 Å². The van der Waals surface area contributed by atoms with Crippen molar-refractivity contribution in [2.75, 3.05) is 26.2 Å². The summed E-state index contributed by atoms with van der Waals surface area (Å²) >= 11 is 0. The fourth-order valence-corrected chi connectivity index (χ4v) is 2.80. The number of likely N-dealkylation sites (tertiary alicyclic amines) is 1. The molecule has 6 nitrogen and oxygen atoms in total. The Morgan fingerprint density at radius 2 is 2.17 bits per heavy atom. The number of carbonyl (C=O) groups is 2. The number of hydrogen-bond donors (Lipinski definition) is 0. The highest BCUT2D eigenvalue weighted by molar-refractivity contribution is 5.92. The molecule has 0 saturated carbocycles. The number of amides is 2. The Morgan fingerprint density at radius 1 is 1.46 bits per heavy atom. The van der Waals surface area contributed by atoms with E-state index in [2.05, 4.69) is 5.16 Å². The average Bonchev–Trinajstić information content (AvgIpc) is 2.97. The van der Waals surface area contributed by atoms with Crippen LogP contribution in [0, 0.1) is 12.8 Å². The van der Waals surface area contributed by atoms with E-state index in [0.29, 0.717) is 25.1 Å². The maximum atomic E-state index is 12.6. The van der Waals surface area contributed by atoms with Crippen molar-refractivity contribution >= 4 is 11.8 Å². The Hall–Kier alpha value is -2.06. The number of hydrogen-bond acceptors (Lipinski definition) is 4. The SMILES string of the molecule is CCN(CC(F)(F)F)C(=O)[C@@H]1CCCN(C(=O)c2cc(C)no2)C1. The fraction of sp³-hybridized carbons (Fsp3) is 0.667. The van der Waals surface area contributed by atoms with Crippen molar-refractivity contribution in [3.63, 3.8) is 0 Å². The van der Waals surface area contributed by atoms with Gasteiger partial charge in [-0.15, -0.1) is 0 Å². The molecular weight excluding hydrogens is 327 g/mol. The third kappa shape index (κ3) is 4.48. The number of nitrogens with zero attached hydrogens (tertiary/aromatic N) is 3. The number of aromatic nitrogens is 1. The molecule has 1 aromatic heterocycles. The third-order valence-electron chi connectivity index (χ3n) is 3.96. The summed E-state index contributed by atoms with van der Waals surface area (Å²) in [5.74, 6) is -1.52. The molecule has 0 radical (unpaired) electrons. The first-order valence-electron chi connectivity index (χ1n) is 7.79.